The van der Waals surface area contributed by atoms with Crippen LogP contribution in [0.25, 0.3) is 0 Å². The zero-order valence-corrected chi connectivity index (χ0v) is 38.4. The lowest BCUT2D eigenvalue weighted by Gasteiger charge is -2.58. The van der Waals surface area contributed by atoms with Crippen LogP contribution in [0.2, 0.25) is 0 Å². The predicted octanol–water partition coefficient (Wildman–Crippen LogP) is 14.0. The fourth-order valence-corrected chi connectivity index (χ4v) is 13.1. The lowest BCUT2D eigenvalue weighted by Crippen LogP contribution is -2.51. The second-order valence-corrected chi connectivity index (χ2v) is 19.2. The van der Waals surface area contributed by atoms with Crippen LogP contribution >= 0.6 is 0 Å². The Balaban J connectivity index is 1.27. The molecule has 4 aliphatic rings. The lowest BCUT2D eigenvalue weighted by molar-refractivity contribution is 0.518. The SMILES string of the molecule is Cc1cc2c3c(c1)C(c1ccccc1)(c1ccccc1)c1cc(B4Oc5ccccc5O4)cc4c1N3c1c(cc(C)cc1C4(c1ccccc1)c1ccccc1)C2(c1ccccc1)c1ccccc1. The predicted molar refractivity (Wildman–Crippen MR) is 279 cm³/mol. The van der Waals surface area contributed by atoms with E-state index >= 15 is 0 Å². The van der Waals surface area contributed by atoms with Gasteiger partial charge in [-0.15, -0.1) is 0 Å². The van der Waals surface area contributed by atoms with Gasteiger partial charge in [-0.3, -0.25) is 0 Å². The summed E-state index contributed by atoms with van der Waals surface area (Å²) in [5.41, 5.74) is 19.2. The molecule has 4 aliphatic heterocycles. The minimum atomic E-state index is -0.821. The van der Waals surface area contributed by atoms with Crippen LogP contribution in [-0.2, 0) is 16.2 Å². The monoisotopic (exact) mass is 883 g/mol. The molecular weight excluding hydrogens is 838 g/mol. The van der Waals surface area contributed by atoms with E-state index in [4.69, 9.17) is 9.31 Å². The molecule has 0 N–H and O–H groups in total. The van der Waals surface area contributed by atoms with Gasteiger partial charge in [-0.25, -0.2) is 0 Å². The molecule has 14 rings (SSSR count). The number of hydrogen-bond acceptors (Lipinski definition) is 3. The molecule has 0 radical (unpaired) electrons. The van der Waals surface area contributed by atoms with Crippen molar-refractivity contribution >= 4 is 29.6 Å². The Kier molecular flexibility index (Phi) is 8.55. The van der Waals surface area contributed by atoms with Gasteiger partial charge >= 0.3 is 7.12 Å². The maximum Gasteiger partial charge on any atom is 0.632 e. The highest BCUT2D eigenvalue weighted by atomic mass is 16.6. The van der Waals surface area contributed by atoms with Crippen molar-refractivity contribution in [1.82, 2.24) is 0 Å². The van der Waals surface area contributed by atoms with Crippen molar-refractivity contribution in [2.45, 2.75) is 30.1 Å². The summed E-state index contributed by atoms with van der Waals surface area (Å²) < 4.78 is 13.8. The molecule has 326 valence electrons. The van der Waals surface area contributed by atoms with Gasteiger partial charge in [0.1, 0.15) is 11.5 Å². The fourth-order valence-electron chi connectivity index (χ4n) is 13.1. The number of para-hydroxylation sites is 2. The van der Waals surface area contributed by atoms with Crippen LogP contribution in [0.1, 0.15) is 77.9 Å². The van der Waals surface area contributed by atoms with Gasteiger partial charge in [-0.05, 0) is 92.7 Å². The molecule has 0 aromatic heterocycles. The van der Waals surface area contributed by atoms with Crippen LogP contribution < -0.4 is 19.7 Å². The number of rotatable bonds is 7. The van der Waals surface area contributed by atoms with Crippen molar-refractivity contribution in [3.8, 4) is 11.5 Å². The maximum absolute atomic E-state index is 6.88. The summed E-state index contributed by atoms with van der Waals surface area (Å²) in [7, 11) is -0.688. The minimum Gasteiger partial charge on any atom is -0.519 e. The summed E-state index contributed by atoms with van der Waals surface area (Å²) in [6.45, 7) is 4.58. The first-order chi connectivity index (χ1) is 34.0. The quantitative estimate of drug-likeness (QED) is 0.149. The van der Waals surface area contributed by atoms with E-state index in [9.17, 15) is 0 Å². The van der Waals surface area contributed by atoms with E-state index in [0.29, 0.717) is 0 Å². The van der Waals surface area contributed by atoms with Gasteiger partial charge in [-0.2, -0.15) is 0 Å². The molecular formula is C65H46BNO2. The number of hydrogen-bond donors (Lipinski definition) is 0. The van der Waals surface area contributed by atoms with Crippen LogP contribution in [0.4, 0.5) is 17.1 Å². The minimum absolute atomic E-state index is 0.688. The highest BCUT2D eigenvalue weighted by Gasteiger charge is 2.60. The maximum atomic E-state index is 6.88. The molecule has 4 heterocycles. The molecule has 0 bridgehead atoms. The summed E-state index contributed by atoms with van der Waals surface area (Å²) in [6.07, 6.45) is 0. The molecule has 10 aromatic carbocycles. The number of fused-ring (bicyclic) bond motifs is 1. The van der Waals surface area contributed by atoms with Crippen LogP contribution in [0.3, 0.4) is 0 Å². The molecule has 0 atom stereocenters. The van der Waals surface area contributed by atoms with E-state index in [1.54, 1.807) is 0 Å². The van der Waals surface area contributed by atoms with Gasteiger partial charge < -0.3 is 14.2 Å². The molecule has 10 aromatic rings. The molecule has 0 saturated carbocycles. The molecule has 0 amide bonds. The Morgan fingerprint density at radius 2 is 0.536 bits per heavy atom. The van der Waals surface area contributed by atoms with Crippen LogP contribution in [0.15, 0.2) is 243 Å². The van der Waals surface area contributed by atoms with Gasteiger partial charge in [0.15, 0.2) is 0 Å². The highest BCUT2D eigenvalue weighted by molar-refractivity contribution is 6.63. The standard InChI is InChI=1S/C65H46BNO2/c1-43-37-52-60-54(39-43)64(47-27-13-5-14-28-47,48-29-15-6-16-30-48)56-41-51(66-68-58-35-21-22-36-59(58)69-66)42-57-62(56)67(60)61-53(63(52,45-23-9-3-10-24-45)46-25-11-4-12-26-46)38-44(2)40-55(61)65(57,49-31-17-7-18-32-49)50-33-19-8-20-34-50/h3-42H,1-2H3. The van der Waals surface area contributed by atoms with Crippen molar-refractivity contribution in [3.05, 3.63) is 321 Å². The van der Waals surface area contributed by atoms with Gasteiger partial charge in [0.2, 0.25) is 0 Å². The third kappa shape index (κ3) is 5.24. The average Bonchev–Trinajstić information content (AvgIpc) is 3.85. The van der Waals surface area contributed by atoms with Crippen LogP contribution in [-0.4, -0.2) is 7.12 Å². The molecule has 0 spiro atoms. The van der Waals surface area contributed by atoms with Crippen molar-refractivity contribution in [2.75, 3.05) is 4.90 Å². The lowest BCUT2D eigenvalue weighted by atomic mass is 9.51. The second kappa shape index (κ2) is 14.8. The highest BCUT2D eigenvalue weighted by Crippen LogP contribution is 2.71. The first-order valence-electron chi connectivity index (χ1n) is 24.1. The van der Waals surface area contributed by atoms with Gasteiger partial charge in [0, 0.05) is 5.46 Å². The molecule has 0 fully saturated rings. The summed E-state index contributed by atoms with van der Waals surface area (Å²) >= 11 is 0. The Bertz CT molecular complexity index is 3320. The molecule has 69 heavy (non-hydrogen) atoms. The molecule has 0 unspecified atom stereocenters. The van der Waals surface area contributed by atoms with Crippen LogP contribution in [0.5, 0.6) is 11.5 Å². The van der Waals surface area contributed by atoms with E-state index in [-0.39, 0.29) is 0 Å². The topological polar surface area (TPSA) is 21.7 Å². The largest absolute Gasteiger partial charge is 0.632 e. The van der Waals surface area contributed by atoms with E-state index in [1.165, 1.54) is 95.0 Å². The van der Waals surface area contributed by atoms with Gasteiger partial charge in [-0.1, -0.05) is 242 Å². The van der Waals surface area contributed by atoms with E-state index in [1.807, 2.05) is 24.3 Å². The van der Waals surface area contributed by atoms with Crippen molar-refractivity contribution in [3.63, 3.8) is 0 Å². The third-order valence-corrected chi connectivity index (χ3v) is 15.6. The Morgan fingerprint density at radius 3 is 0.797 bits per heavy atom. The Hall–Kier alpha value is -8.34. The van der Waals surface area contributed by atoms with Crippen LogP contribution in [0, 0.1) is 13.8 Å². The Morgan fingerprint density at radius 1 is 0.304 bits per heavy atom. The molecule has 4 heteroatoms. The Labute approximate surface area is 404 Å². The van der Waals surface area contributed by atoms with E-state index in [0.717, 1.165) is 17.0 Å². The normalized spacial score (nSPS) is 15.6. The first-order valence-corrected chi connectivity index (χ1v) is 24.1. The summed E-state index contributed by atoms with van der Waals surface area (Å²) in [5, 5.41) is 0. The van der Waals surface area contributed by atoms with Crippen molar-refractivity contribution in [2.24, 2.45) is 0 Å². The summed E-state index contributed by atoms with van der Waals surface area (Å²) in [4.78, 5) is 2.70. The van der Waals surface area contributed by atoms with E-state index in [2.05, 4.69) is 237 Å². The number of anilines is 3. The summed E-state index contributed by atoms with van der Waals surface area (Å²) in [6, 6.07) is 90.4. The second-order valence-electron chi connectivity index (χ2n) is 19.2. The zero-order chi connectivity index (χ0) is 45.9. The summed E-state index contributed by atoms with van der Waals surface area (Å²) in [5.74, 6) is 1.49. The molecule has 3 nitrogen and oxygen atoms in total. The van der Waals surface area contributed by atoms with E-state index < -0.39 is 23.4 Å². The average molecular weight is 884 g/mol. The molecule has 0 saturated heterocycles. The van der Waals surface area contributed by atoms with Crippen molar-refractivity contribution < 1.29 is 9.31 Å². The number of nitrogens with zero attached hydrogens (tertiary/aromatic N) is 1. The first kappa shape index (κ1) is 39.8. The van der Waals surface area contributed by atoms with Gasteiger partial charge in [0.25, 0.3) is 0 Å². The number of aryl methyl sites for hydroxylation is 2. The molecule has 0 aliphatic carbocycles. The van der Waals surface area contributed by atoms with Gasteiger partial charge in [0.05, 0.1) is 33.3 Å². The zero-order valence-electron chi connectivity index (χ0n) is 38.4. The third-order valence-electron chi connectivity index (χ3n) is 15.6. The fraction of sp³-hybridized carbons (Fsp3) is 0.0769. The number of benzene rings is 10. The van der Waals surface area contributed by atoms with Crippen molar-refractivity contribution in [1.29, 1.82) is 0 Å². The smallest absolute Gasteiger partial charge is 0.519 e.